The van der Waals surface area contributed by atoms with Crippen molar-refractivity contribution in [1.29, 1.82) is 0 Å². The van der Waals surface area contributed by atoms with E-state index in [4.69, 9.17) is 0 Å². The first kappa shape index (κ1) is 18.4. The van der Waals surface area contributed by atoms with Crippen molar-refractivity contribution in [2.75, 3.05) is 19.6 Å². The number of rotatable bonds is 5. The molecule has 1 aliphatic heterocycles. The third-order valence-electron chi connectivity index (χ3n) is 6.40. The molecule has 0 radical (unpaired) electrons. The minimum Gasteiger partial charge on any atom is -0.388 e. The topological polar surface area (TPSA) is 57.1 Å². The van der Waals surface area contributed by atoms with Crippen LogP contribution in [0.25, 0.3) is 21.9 Å². The molecule has 1 fully saturated rings. The summed E-state index contributed by atoms with van der Waals surface area (Å²) in [4.78, 5) is 10.3. The van der Waals surface area contributed by atoms with Crippen LogP contribution in [0.5, 0.6) is 0 Å². The summed E-state index contributed by atoms with van der Waals surface area (Å²) in [6.45, 7) is 5.64. The van der Waals surface area contributed by atoms with Gasteiger partial charge in [0, 0.05) is 36.7 Å². The van der Waals surface area contributed by atoms with Gasteiger partial charge in [0.15, 0.2) is 0 Å². The van der Waals surface area contributed by atoms with E-state index >= 15 is 0 Å². The number of nitrogens with one attached hydrogen (secondary N) is 1. The zero-order chi connectivity index (χ0) is 19.8. The molecule has 5 nitrogen and oxygen atoms in total. The van der Waals surface area contributed by atoms with Crippen molar-refractivity contribution in [2.45, 2.75) is 38.3 Å². The second-order valence-electron chi connectivity index (χ2n) is 8.54. The summed E-state index contributed by atoms with van der Waals surface area (Å²) in [5.74, 6) is 0. The minimum absolute atomic E-state index is 0.614. The molecular formula is C24H28N4O. The molecule has 2 aromatic carbocycles. The molecule has 5 heteroatoms. The van der Waals surface area contributed by atoms with Gasteiger partial charge in [-0.15, -0.1) is 0 Å². The number of aliphatic hydroxyl groups is 1. The molecule has 2 aromatic heterocycles. The highest BCUT2D eigenvalue weighted by Crippen LogP contribution is 2.27. The standard InChI is InChI=1S/C24H28N4O/c1-18-6-7-20-19(15-25-22(20)14-18)8-11-27-12-9-24(29,10-13-27)16-28-17-26-21-4-2-3-5-23(21)28/h2-7,14-15,17,25,29H,8-13,16H2,1H3. The molecule has 0 bridgehead atoms. The molecular weight excluding hydrogens is 360 g/mol. The number of imidazole rings is 1. The normalized spacial score (nSPS) is 17.3. The SMILES string of the molecule is Cc1ccc2c(CCN3CCC(O)(Cn4cnc5ccccc54)CC3)c[nH]c2c1. The summed E-state index contributed by atoms with van der Waals surface area (Å²) in [7, 11) is 0. The Morgan fingerprint density at radius 3 is 2.83 bits per heavy atom. The van der Waals surface area contributed by atoms with Gasteiger partial charge in [-0.2, -0.15) is 0 Å². The summed E-state index contributed by atoms with van der Waals surface area (Å²) in [6, 6.07) is 14.7. The summed E-state index contributed by atoms with van der Waals surface area (Å²) < 4.78 is 2.10. The number of aryl methyl sites for hydroxylation is 1. The third kappa shape index (κ3) is 3.68. The van der Waals surface area contributed by atoms with E-state index in [0.29, 0.717) is 6.54 Å². The lowest BCUT2D eigenvalue weighted by Crippen LogP contribution is -2.47. The molecule has 150 valence electrons. The van der Waals surface area contributed by atoms with Gasteiger partial charge in [0.05, 0.1) is 29.5 Å². The molecule has 0 aliphatic carbocycles. The predicted octanol–water partition coefficient (Wildman–Crippen LogP) is 3.90. The van der Waals surface area contributed by atoms with Crippen LogP contribution in [0.1, 0.15) is 24.0 Å². The van der Waals surface area contributed by atoms with Crippen molar-refractivity contribution >= 4 is 21.9 Å². The summed E-state index contributed by atoms with van der Waals surface area (Å²) in [5, 5.41) is 12.5. The van der Waals surface area contributed by atoms with Crippen LogP contribution in [0.15, 0.2) is 55.0 Å². The molecule has 1 aliphatic rings. The molecule has 0 spiro atoms. The van der Waals surface area contributed by atoms with Crippen molar-refractivity contribution < 1.29 is 5.11 Å². The van der Waals surface area contributed by atoms with E-state index in [1.165, 1.54) is 22.0 Å². The van der Waals surface area contributed by atoms with Gasteiger partial charge in [-0.25, -0.2) is 4.98 Å². The second kappa shape index (κ2) is 7.32. The van der Waals surface area contributed by atoms with Crippen molar-refractivity contribution in [2.24, 2.45) is 0 Å². The number of nitrogens with zero attached hydrogens (tertiary/aromatic N) is 3. The largest absolute Gasteiger partial charge is 0.388 e. The maximum absolute atomic E-state index is 11.2. The second-order valence-corrected chi connectivity index (χ2v) is 8.54. The number of aromatic amines is 1. The quantitative estimate of drug-likeness (QED) is 0.545. The molecule has 5 rings (SSSR count). The number of para-hydroxylation sites is 2. The first-order valence-corrected chi connectivity index (χ1v) is 10.5. The average Bonchev–Trinajstić information content (AvgIpc) is 3.31. The molecule has 1 saturated heterocycles. The molecule has 3 heterocycles. The number of hydrogen-bond donors (Lipinski definition) is 2. The fourth-order valence-electron chi connectivity index (χ4n) is 4.59. The van der Waals surface area contributed by atoms with Gasteiger partial charge >= 0.3 is 0 Å². The lowest BCUT2D eigenvalue weighted by Gasteiger charge is -2.38. The van der Waals surface area contributed by atoms with E-state index in [-0.39, 0.29) is 0 Å². The van der Waals surface area contributed by atoms with E-state index in [2.05, 4.69) is 56.8 Å². The Balaban J connectivity index is 1.20. The van der Waals surface area contributed by atoms with Gasteiger partial charge in [0.2, 0.25) is 0 Å². The van der Waals surface area contributed by atoms with Crippen LogP contribution in [-0.2, 0) is 13.0 Å². The molecule has 4 aromatic rings. The Morgan fingerprint density at radius 1 is 1.14 bits per heavy atom. The highest BCUT2D eigenvalue weighted by atomic mass is 16.3. The number of aromatic nitrogens is 3. The lowest BCUT2D eigenvalue weighted by atomic mass is 9.91. The highest BCUT2D eigenvalue weighted by molar-refractivity contribution is 5.83. The Bertz CT molecular complexity index is 1130. The van der Waals surface area contributed by atoms with Crippen molar-refractivity contribution in [1.82, 2.24) is 19.4 Å². The maximum atomic E-state index is 11.2. The molecule has 0 atom stereocenters. The zero-order valence-corrected chi connectivity index (χ0v) is 16.9. The maximum Gasteiger partial charge on any atom is 0.0959 e. The first-order valence-electron chi connectivity index (χ1n) is 10.5. The van der Waals surface area contributed by atoms with Gasteiger partial charge in [0.25, 0.3) is 0 Å². The van der Waals surface area contributed by atoms with Crippen LogP contribution in [0.4, 0.5) is 0 Å². The fraction of sp³-hybridized carbons (Fsp3) is 0.375. The number of fused-ring (bicyclic) bond motifs is 2. The number of H-pyrrole nitrogens is 1. The lowest BCUT2D eigenvalue weighted by molar-refractivity contribution is -0.0330. The summed E-state index contributed by atoms with van der Waals surface area (Å²) in [6.07, 6.45) is 6.63. The number of likely N-dealkylation sites (tertiary alicyclic amines) is 1. The van der Waals surface area contributed by atoms with Crippen LogP contribution in [-0.4, -0.2) is 49.8 Å². The van der Waals surface area contributed by atoms with Crippen LogP contribution >= 0.6 is 0 Å². The molecule has 0 saturated carbocycles. The predicted molar refractivity (Wildman–Crippen MR) is 117 cm³/mol. The Labute approximate surface area is 171 Å². The summed E-state index contributed by atoms with van der Waals surface area (Å²) in [5.41, 5.74) is 5.32. The van der Waals surface area contributed by atoms with Gasteiger partial charge in [0.1, 0.15) is 0 Å². The fourth-order valence-corrected chi connectivity index (χ4v) is 4.59. The first-order chi connectivity index (χ1) is 14.1. The Kier molecular flexibility index (Phi) is 4.64. The van der Waals surface area contributed by atoms with Crippen LogP contribution in [0.2, 0.25) is 0 Å². The zero-order valence-electron chi connectivity index (χ0n) is 16.9. The van der Waals surface area contributed by atoms with Crippen molar-refractivity contribution in [3.05, 3.63) is 66.1 Å². The molecule has 0 unspecified atom stereocenters. The Morgan fingerprint density at radius 2 is 1.97 bits per heavy atom. The van der Waals surface area contributed by atoms with Crippen LogP contribution in [0, 0.1) is 6.92 Å². The van der Waals surface area contributed by atoms with Crippen molar-refractivity contribution in [3.63, 3.8) is 0 Å². The molecule has 0 amide bonds. The van der Waals surface area contributed by atoms with E-state index in [0.717, 1.165) is 49.9 Å². The van der Waals surface area contributed by atoms with E-state index < -0.39 is 5.60 Å². The third-order valence-corrected chi connectivity index (χ3v) is 6.40. The van der Waals surface area contributed by atoms with E-state index in [1.807, 2.05) is 24.5 Å². The van der Waals surface area contributed by atoms with Gasteiger partial charge in [-0.1, -0.05) is 24.3 Å². The van der Waals surface area contributed by atoms with Crippen LogP contribution < -0.4 is 0 Å². The number of piperidine rings is 1. The van der Waals surface area contributed by atoms with Crippen LogP contribution in [0.3, 0.4) is 0 Å². The van der Waals surface area contributed by atoms with E-state index in [9.17, 15) is 5.11 Å². The molecule has 29 heavy (non-hydrogen) atoms. The highest BCUT2D eigenvalue weighted by Gasteiger charge is 2.32. The number of benzene rings is 2. The van der Waals surface area contributed by atoms with Crippen molar-refractivity contribution in [3.8, 4) is 0 Å². The number of hydrogen-bond acceptors (Lipinski definition) is 3. The van der Waals surface area contributed by atoms with Gasteiger partial charge < -0.3 is 19.6 Å². The average molecular weight is 389 g/mol. The van der Waals surface area contributed by atoms with Gasteiger partial charge in [-0.05, 0) is 55.5 Å². The Hall–Kier alpha value is -2.63. The molecule has 2 N–H and O–H groups in total. The smallest absolute Gasteiger partial charge is 0.0959 e. The monoisotopic (exact) mass is 388 g/mol. The van der Waals surface area contributed by atoms with Gasteiger partial charge in [-0.3, -0.25) is 0 Å². The van der Waals surface area contributed by atoms with E-state index in [1.54, 1.807) is 0 Å². The summed E-state index contributed by atoms with van der Waals surface area (Å²) >= 11 is 0. The minimum atomic E-state index is -0.654.